The van der Waals surface area contributed by atoms with Crippen molar-refractivity contribution < 1.29 is 14.3 Å². The molecular formula is C32H34N4O3S. The Morgan fingerprint density at radius 2 is 1.85 bits per heavy atom. The first-order valence-corrected chi connectivity index (χ1v) is 14.8. The summed E-state index contributed by atoms with van der Waals surface area (Å²) in [5.41, 5.74) is 4.52. The molecule has 3 heterocycles. The molecule has 6 rings (SSSR count). The minimum atomic E-state index is -0.124. The van der Waals surface area contributed by atoms with E-state index in [1.807, 2.05) is 67.3 Å². The van der Waals surface area contributed by atoms with Crippen molar-refractivity contribution in [2.24, 2.45) is 4.99 Å². The summed E-state index contributed by atoms with van der Waals surface area (Å²) >= 11 is 1.51. The Morgan fingerprint density at radius 1 is 1.07 bits per heavy atom. The van der Waals surface area contributed by atoms with Gasteiger partial charge < -0.3 is 19.9 Å². The van der Waals surface area contributed by atoms with Crippen LogP contribution in [0.25, 0.3) is 10.4 Å². The van der Waals surface area contributed by atoms with Gasteiger partial charge in [-0.2, -0.15) is 0 Å². The van der Waals surface area contributed by atoms with E-state index in [1.54, 1.807) is 6.08 Å². The maximum atomic E-state index is 14.0. The van der Waals surface area contributed by atoms with Gasteiger partial charge in [-0.15, -0.1) is 11.3 Å². The molecule has 1 aromatic heterocycles. The number of nitrogens with zero attached hydrogens (tertiary/aromatic N) is 3. The lowest BCUT2D eigenvalue weighted by molar-refractivity contribution is -0.115. The number of amides is 2. The highest BCUT2D eigenvalue weighted by Gasteiger charge is 2.31. The van der Waals surface area contributed by atoms with Crippen LogP contribution >= 0.6 is 11.3 Å². The number of hydrogen-bond acceptors (Lipinski definition) is 5. The number of fused-ring (bicyclic) bond motifs is 3. The number of carbonyl (C=O) groups excluding carboxylic acids is 2. The molecule has 1 saturated heterocycles. The number of morpholine rings is 1. The van der Waals surface area contributed by atoms with Crippen molar-refractivity contribution >= 4 is 34.7 Å². The topological polar surface area (TPSA) is 74.2 Å². The van der Waals surface area contributed by atoms with Crippen molar-refractivity contribution in [1.29, 1.82) is 0 Å². The van der Waals surface area contributed by atoms with Gasteiger partial charge in [0.25, 0.3) is 11.8 Å². The summed E-state index contributed by atoms with van der Waals surface area (Å²) in [6.07, 6.45) is 4.59. The van der Waals surface area contributed by atoms with E-state index >= 15 is 0 Å². The monoisotopic (exact) mass is 554 g/mol. The first-order chi connectivity index (χ1) is 19.5. The fourth-order valence-electron chi connectivity index (χ4n) is 5.46. The number of anilines is 1. The third-order valence-corrected chi connectivity index (χ3v) is 8.95. The van der Waals surface area contributed by atoms with Gasteiger partial charge in [-0.25, -0.2) is 4.99 Å². The molecule has 3 aromatic rings. The molecule has 2 aliphatic heterocycles. The van der Waals surface area contributed by atoms with E-state index in [4.69, 9.17) is 9.73 Å². The number of para-hydroxylation sites is 1. The number of hydrogen-bond donors (Lipinski definition) is 1. The quantitative estimate of drug-likeness (QED) is 0.253. The standard InChI is InChI=1S/C32H34N4O3S/c1-3-26(33-21(2)35-17-18-39-20-28(35)22-9-5-4-6-10-22)32(38)36-16-15-23-19-29(31(37)34-24-13-14-24)40-30(23)25-11-7-8-12-27(25)36/h3-12,19,24,28H,13-18,20H2,1-2H3,(H,34,37)/b26-3-,33-21+/t28-/m1/s1. The van der Waals surface area contributed by atoms with Gasteiger partial charge in [0.05, 0.1) is 29.8 Å². The van der Waals surface area contributed by atoms with E-state index in [1.165, 1.54) is 16.9 Å². The number of rotatable bonds is 5. The van der Waals surface area contributed by atoms with Gasteiger partial charge in [0, 0.05) is 29.6 Å². The van der Waals surface area contributed by atoms with Crippen LogP contribution in [0.5, 0.6) is 0 Å². The smallest absolute Gasteiger partial charge is 0.276 e. The number of carbonyl (C=O) groups is 2. The summed E-state index contributed by atoms with van der Waals surface area (Å²) in [4.78, 5) is 37.6. The van der Waals surface area contributed by atoms with Crippen molar-refractivity contribution in [1.82, 2.24) is 10.2 Å². The molecule has 1 N–H and O–H groups in total. The van der Waals surface area contributed by atoms with Crippen molar-refractivity contribution in [3.8, 4) is 10.4 Å². The summed E-state index contributed by atoms with van der Waals surface area (Å²) in [7, 11) is 0. The van der Waals surface area contributed by atoms with Gasteiger partial charge in [0.1, 0.15) is 11.5 Å². The van der Waals surface area contributed by atoms with E-state index in [-0.39, 0.29) is 17.9 Å². The summed E-state index contributed by atoms with van der Waals surface area (Å²) < 4.78 is 5.80. The number of aliphatic imine (C=N–C) groups is 1. The Bertz CT molecular complexity index is 1470. The lowest BCUT2D eigenvalue weighted by Gasteiger charge is -2.37. The molecule has 2 aromatic carbocycles. The molecule has 206 valence electrons. The van der Waals surface area contributed by atoms with Gasteiger partial charge in [-0.05, 0) is 56.4 Å². The summed E-state index contributed by atoms with van der Waals surface area (Å²) in [6.45, 7) is 6.27. The Kier molecular flexibility index (Phi) is 7.54. The highest BCUT2D eigenvalue weighted by atomic mass is 32.1. The van der Waals surface area contributed by atoms with Crippen molar-refractivity contribution in [2.75, 3.05) is 31.2 Å². The molecule has 1 aliphatic carbocycles. The highest BCUT2D eigenvalue weighted by molar-refractivity contribution is 7.17. The van der Waals surface area contributed by atoms with Gasteiger partial charge in [0.15, 0.2) is 0 Å². The number of allylic oxidation sites excluding steroid dienone is 1. The predicted octanol–water partition coefficient (Wildman–Crippen LogP) is 5.59. The van der Waals surface area contributed by atoms with Crippen molar-refractivity contribution in [2.45, 2.75) is 45.2 Å². The Balaban J connectivity index is 1.27. The average Bonchev–Trinajstić information content (AvgIpc) is 3.74. The molecule has 0 unspecified atom stereocenters. The number of benzene rings is 2. The van der Waals surface area contributed by atoms with E-state index in [9.17, 15) is 9.59 Å². The van der Waals surface area contributed by atoms with E-state index < -0.39 is 0 Å². The summed E-state index contributed by atoms with van der Waals surface area (Å²) in [5.74, 6) is 0.678. The highest BCUT2D eigenvalue weighted by Crippen LogP contribution is 2.42. The molecule has 2 fully saturated rings. The van der Waals surface area contributed by atoms with Crippen molar-refractivity contribution in [3.63, 3.8) is 0 Å². The second kappa shape index (κ2) is 11.4. The minimum Gasteiger partial charge on any atom is -0.377 e. The molecule has 1 atom stereocenters. The van der Waals surface area contributed by atoms with Crippen LogP contribution in [0.4, 0.5) is 5.69 Å². The molecule has 8 heteroatoms. The number of thiophene rings is 1. The van der Waals surface area contributed by atoms with Crippen LogP contribution in [0.15, 0.2) is 77.4 Å². The van der Waals surface area contributed by atoms with E-state index in [0.29, 0.717) is 44.5 Å². The maximum absolute atomic E-state index is 14.0. The van der Waals surface area contributed by atoms with Crippen LogP contribution in [0.1, 0.15) is 53.5 Å². The zero-order valence-electron chi connectivity index (χ0n) is 22.9. The molecular weight excluding hydrogens is 520 g/mol. The predicted molar refractivity (Wildman–Crippen MR) is 160 cm³/mol. The normalized spacial score (nSPS) is 19.5. The Labute approximate surface area is 239 Å². The third kappa shape index (κ3) is 5.33. The largest absolute Gasteiger partial charge is 0.377 e. The number of nitrogens with one attached hydrogen (secondary N) is 1. The molecule has 40 heavy (non-hydrogen) atoms. The van der Waals surface area contributed by atoms with Crippen LogP contribution in [0.2, 0.25) is 0 Å². The first kappa shape index (κ1) is 26.5. The lowest BCUT2D eigenvalue weighted by atomic mass is 10.0. The summed E-state index contributed by atoms with van der Waals surface area (Å²) in [6, 6.07) is 20.6. The average molecular weight is 555 g/mol. The fraction of sp³-hybridized carbons (Fsp3) is 0.344. The van der Waals surface area contributed by atoms with Gasteiger partial charge >= 0.3 is 0 Å². The van der Waals surface area contributed by atoms with Crippen LogP contribution < -0.4 is 10.2 Å². The molecule has 7 nitrogen and oxygen atoms in total. The maximum Gasteiger partial charge on any atom is 0.276 e. The summed E-state index contributed by atoms with van der Waals surface area (Å²) in [5, 5.41) is 3.10. The van der Waals surface area contributed by atoms with Crippen LogP contribution in [0, 0.1) is 0 Å². The lowest BCUT2D eigenvalue weighted by Crippen LogP contribution is -2.42. The number of ether oxygens (including phenoxy) is 1. The van der Waals surface area contributed by atoms with E-state index in [2.05, 4.69) is 22.3 Å². The van der Waals surface area contributed by atoms with Crippen LogP contribution in [-0.4, -0.2) is 54.9 Å². The van der Waals surface area contributed by atoms with Gasteiger partial charge in [-0.3, -0.25) is 9.59 Å². The zero-order chi connectivity index (χ0) is 27.6. The third-order valence-electron chi connectivity index (χ3n) is 7.74. The molecule has 3 aliphatic rings. The van der Waals surface area contributed by atoms with Gasteiger partial charge in [-0.1, -0.05) is 54.6 Å². The SMILES string of the molecule is C/C=C(\N=C(/C)N1CCOC[C@@H]1c1ccccc1)C(=O)N1CCc2cc(C(=O)NC3CC3)sc2-c2ccccc21. The molecule has 2 amide bonds. The van der Waals surface area contributed by atoms with Crippen LogP contribution in [0.3, 0.4) is 0 Å². The minimum absolute atomic E-state index is 0.00363. The molecule has 1 saturated carbocycles. The van der Waals surface area contributed by atoms with Crippen LogP contribution in [-0.2, 0) is 16.0 Å². The van der Waals surface area contributed by atoms with Gasteiger partial charge in [0.2, 0.25) is 0 Å². The Hall–Kier alpha value is -3.75. The second-order valence-electron chi connectivity index (χ2n) is 10.5. The molecule has 0 radical (unpaired) electrons. The first-order valence-electron chi connectivity index (χ1n) is 14.0. The molecule has 0 spiro atoms. The second-order valence-corrected chi connectivity index (χ2v) is 11.5. The van der Waals surface area contributed by atoms with Crippen molar-refractivity contribution in [3.05, 3.63) is 88.4 Å². The number of amidine groups is 1. The van der Waals surface area contributed by atoms with E-state index in [0.717, 1.165) is 45.2 Å². The molecule has 0 bridgehead atoms. The Morgan fingerprint density at radius 3 is 2.62 bits per heavy atom. The zero-order valence-corrected chi connectivity index (χ0v) is 23.7. The fourth-order valence-corrected chi connectivity index (χ4v) is 6.61.